The number of rotatable bonds is 8. The monoisotopic (exact) mass is 416 g/mol. The van der Waals surface area contributed by atoms with Crippen LogP contribution < -0.4 is 15.4 Å². The summed E-state index contributed by atoms with van der Waals surface area (Å²) in [5.74, 6) is 1.20. The molecule has 1 heterocycles. The number of guanidine groups is 1. The third-order valence-electron chi connectivity index (χ3n) is 3.69. The van der Waals surface area contributed by atoms with E-state index < -0.39 is 11.9 Å². The number of thiazole rings is 1. The summed E-state index contributed by atoms with van der Waals surface area (Å²) in [6.45, 7) is 3.48. The molecule has 0 atom stereocenters. The highest BCUT2D eigenvalue weighted by atomic mass is 32.1. The van der Waals surface area contributed by atoms with E-state index in [1.807, 2.05) is 25.1 Å². The van der Waals surface area contributed by atoms with Gasteiger partial charge in [-0.3, -0.25) is 4.99 Å². The largest absolute Gasteiger partial charge is 0.491 e. The number of nitrogens with zero attached hydrogens (tertiary/aromatic N) is 2. The Morgan fingerprint density at radius 1 is 1.21 bits per heavy atom. The van der Waals surface area contributed by atoms with Gasteiger partial charge in [0.15, 0.2) is 11.7 Å². The second-order valence-corrected chi connectivity index (χ2v) is 6.80. The van der Waals surface area contributed by atoms with Crippen molar-refractivity contribution in [3.8, 4) is 5.75 Å². The van der Waals surface area contributed by atoms with Crippen molar-refractivity contribution in [2.24, 2.45) is 4.99 Å². The van der Waals surface area contributed by atoms with Gasteiger partial charge in [0.1, 0.15) is 17.4 Å². The van der Waals surface area contributed by atoms with Crippen molar-refractivity contribution >= 4 is 17.3 Å². The molecule has 0 bridgehead atoms. The second-order valence-electron chi connectivity index (χ2n) is 5.86. The van der Waals surface area contributed by atoms with Gasteiger partial charge in [-0.05, 0) is 18.6 Å². The Balaban J connectivity index is 1.92. The van der Waals surface area contributed by atoms with Crippen LogP contribution in [-0.2, 0) is 24.0 Å². The molecule has 2 rings (SSSR count). The fourth-order valence-corrected chi connectivity index (χ4v) is 3.00. The molecular weight excluding hydrogens is 393 g/mol. The number of nitrogens with one attached hydrogen (secondary N) is 2. The van der Waals surface area contributed by atoms with Gasteiger partial charge >= 0.3 is 6.18 Å². The molecule has 0 aliphatic heterocycles. The molecule has 0 fully saturated rings. The fraction of sp³-hybridized carbons (Fsp3) is 0.444. The normalized spacial score (nSPS) is 12.1. The first kappa shape index (κ1) is 22.0. The van der Waals surface area contributed by atoms with Crippen LogP contribution in [0.4, 0.5) is 13.2 Å². The molecule has 0 spiro atoms. The minimum absolute atomic E-state index is 0.144. The average Bonchev–Trinajstić information content (AvgIpc) is 3.13. The molecule has 2 aromatic rings. The lowest BCUT2D eigenvalue weighted by Crippen LogP contribution is -2.36. The first-order chi connectivity index (χ1) is 13.3. The van der Waals surface area contributed by atoms with Crippen molar-refractivity contribution in [2.75, 3.05) is 27.4 Å². The zero-order valence-corrected chi connectivity index (χ0v) is 16.7. The first-order valence-corrected chi connectivity index (χ1v) is 9.39. The number of benzene rings is 1. The minimum Gasteiger partial charge on any atom is -0.491 e. The number of halogens is 3. The van der Waals surface area contributed by atoms with E-state index in [-0.39, 0.29) is 6.54 Å². The van der Waals surface area contributed by atoms with Crippen LogP contribution in [0.25, 0.3) is 0 Å². The van der Waals surface area contributed by atoms with Crippen molar-refractivity contribution < 1.29 is 22.6 Å². The summed E-state index contributed by atoms with van der Waals surface area (Å²) in [6.07, 6.45) is -4.43. The highest BCUT2D eigenvalue weighted by Crippen LogP contribution is 2.29. The van der Waals surface area contributed by atoms with Crippen LogP contribution in [0.1, 0.15) is 21.8 Å². The Labute approximate surface area is 165 Å². The summed E-state index contributed by atoms with van der Waals surface area (Å²) in [4.78, 5) is 7.67. The first-order valence-electron chi connectivity index (χ1n) is 8.51. The van der Waals surface area contributed by atoms with Crippen molar-refractivity contribution in [1.29, 1.82) is 0 Å². The smallest absolute Gasteiger partial charge is 0.434 e. The predicted octanol–water partition coefficient (Wildman–Crippen LogP) is 3.36. The maximum atomic E-state index is 12.6. The summed E-state index contributed by atoms with van der Waals surface area (Å²) in [5.41, 5.74) is 1.12. The molecule has 0 unspecified atom stereocenters. The van der Waals surface area contributed by atoms with E-state index in [4.69, 9.17) is 9.47 Å². The number of alkyl halides is 3. The van der Waals surface area contributed by atoms with E-state index in [1.54, 1.807) is 14.2 Å². The summed E-state index contributed by atoms with van der Waals surface area (Å²) in [5, 5.41) is 7.42. The number of aryl methyl sites for hydroxylation is 1. The summed E-state index contributed by atoms with van der Waals surface area (Å²) >= 11 is 0.950. The lowest BCUT2D eigenvalue weighted by molar-refractivity contribution is -0.140. The molecule has 1 aromatic heterocycles. The van der Waals surface area contributed by atoms with Gasteiger partial charge in [0.2, 0.25) is 0 Å². The molecule has 6 nitrogen and oxygen atoms in total. The molecule has 0 aliphatic carbocycles. The molecule has 154 valence electrons. The summed E-state index contributed by atoms with van der Waals surface area (Å²) in [7, 11) is 3.20. The van der Waals surface area contributed by atoms with Crippen LogP contribution in [-0.4, -0.2) is 38.3 Å². The van der Waals surface area contributed by atoms with Gasteiger partial charge < -0.3 is 20.1 Å². The van der Waals surface area contributed by atoms with Crippen LogP contribution in [0.15, 0.2) is 28.6 Å². The third-order valence-corrected chi connectivity index (χ3v) is 4.54. The van der Waals surface area contributed by atoms with E-state index in [0.717, 1.165) is 33.6 Å². The number of aliphatic imine (C=N–C) groups is 1. The van der Waals surface area contributed by atoms with E-state index in [0.29, 0.717) is 30.7 Å². The molecule has 0 saturated carbocycles. The highest BCUT2D eigenvalue weighted by Gasteiger charge is 2.33. The van der Waals surface area contributed by atoms with Crippen molar-refractivity contribution in [1.82, 2.24) is 15.6 Å². The zero-order valence-electron chi connectivity index (χ0n) is 15.9. The van der Waals surface area contributed by atoms with Crippen LogP contribution in [0.5, 0.6) is 5.75 Å². The molecule has 28 heavy (non-hydrogen) atoms. The van der Waals surface area contributed by atoms with Gasteiger partial charge in [0.25, 0.3) is 0 Å². The molecule has 0 amide bonds. The summed E-state index contributed by atoms with van der Waals surface area (Å²) in [6, 6.07) is 5.87. The van der Waals surface area contributed by atoms with Gasteiger partial charge in [0.05, 0.1) is 13.2 Å². The highest BCUT2D eigenvalue weighted by molar-refractivity contribution is 7.09. The predicted molar refractivity (Wildman–Crippen MR) is 103 cm³/mol. The van der Waals surface area contributed by atoms with Gasteiger partial charge in [0, 0.05) is 31.6 Å². The Hall–Kier alpha value is -2.33. The van der Waals surface area contributed by atoms with E-state index in [2.05, 4.69) is 20.6 Å². The summed E-state index contributed by atoms with van der Waals surface area (Å²) < 4.78 is 48.6. The van der Waals surface area contributed by atoms with Gasteiger partial charge in [-0.15, -0.1) is 11.3 Å². The Morgan fingerprint density at radius 2 is 1.96 bits per heavy atom. The Morgan fingerprint density at radius 3 is 2.61 bits per heavy atom. The van der Waals surface area contributed by atoms with Crippen LogP contribution in [0, 0.1) is 6.92 Å². The third kappa shape index (κ3) is 6.68. The average molecular weight is 416 g/mol. The molecule has 1 aromatic carbocycles. The zero-order chi connectivity index (χ0) is 20.6. The number of methoxy groups -OCH3 is 1. The fourth-order valence-electron chi connectivity index (χ4n) is 2.26. The van der Waals surface area contributed by atoms with Crippen molar-refractivity contribution in [3.05, 3.63) is 45.4 Å². The number of hydrogen-bond acceptors (Lipinski definition) is 5. The van der Waals surface area contributed by atoms with E-state index in [9.17, 15) is 13.2 Å². The van der Waals surface area contributed by atoms with E-state index in [1.165, 1.54) is 0 Å². The molecule has 0 saturated heterocycles. The lowest BCUT2D eigenvalue weighted by Gasteiger charge is -2.15. The van der Waals surface area contributed by atoms with Crippen LogP contribution in [0.2, 0.25) is 0 Å². The second kappa shape index (κ2) is 10.3. The van der Waals surface area contributed by atoms with Gasteiger partial charge in [-0.2, -0.15) is 13.2 Å². The molecule has 2 N–H and O–H groups in total. The molecule has 0 aliphatic rings. The quantitative estimate of drug-likeness (QED) is 0.392. The number of ether oxygens (including phenoxy) is 2. The van der Waals surface area contributed by atoms with Gasteiger partial charge in [-0.25, -0.2) is 4.98 Å². The van der Waals surface area contributed by atoms with Crippen LogP contribution in [0.3, 0.4) is 0 Å². The van der Waals surface area contributed by atoms with Crippen molar-refractivity contribution in [3.63, 3.8) is 0 Å². The molecule has 10 heteroatoms. The van der Waals surface area contributed by atoms with Gasteiger partial charge in [-0.1, -0.05) is 12.1 Å². The number of aromatic nitrogens is 1. The minimum atomic E-state index is -4.43. The Kier molecular flexibility index (Phi) is 8.06. The van der Waals surface area contributed by atoms with Crippen molar-refractivity contribution in [2.45, 2.75) is 26.2 Å². The molecular formula is C18H23F3N4O2S. The Bertz CT molecular complexity index is 793. The van der Waals surface area contributed by atoms with E-state index >= 15 is 0 Å². The number of hydrogen-bond donors (Lipinski definition) is 2. The topological polar surface area (TPSA) is 67.8 Å². The van der Waals surface area contributed by atoms with Crippen LogP contribution >= 0.6 is 11.3 Å². The molecule has 0 radical (unpaired) electrons. The lowest BCUT2D eigenvalue weighted by atomic mass is 10.1. The maximum Gasteiger partial charge on any atom is 0.434 e. The standard InChI is InChI=1S/C18H23F3N4O2S/c1-12-4-5-13(14(8-12)27-7-6-26-3)9-23-17(22-2)24-10-16-25-15(11-28-16)18(19,20)21/h4-5,8,11H,6-7,9-10H2,1-3H3,(H2,22,23,24). The SMILES string of the molecule is CN=C(NCc1nc(C(F)(F)F)cs1)NCc1ccc(C)cc1OCCOC. The maximum absolute atomic E-state index is 12.6.